The number of carbonyl (C=O) groups excluding carboxylic acids is 1. The largest absolute Gasteiger partial charge is 0.479 e. The van der Waals surface area contributed by atoms with E-state index in [2.05, 4.69) is 6.92 Å². The lowest BCUT2D eigenvalue weighted by Crippen LogP contribution is -2.58. The molecule has 0 radical (unpaired) electrons. The molecule has 6 heteroatoms. The Labute approximate surface area is 124 Å². The molecule has 2 amide bonds. The minimum atomic E-state index is -0.983. The Kier molecular flexibility index (Phi) is 4.83. The maximum atomic E-state index is 12.7. The van der Waals surface area contributed by atoms with Crippen LogP contribution in [-0.4, -0.2) is 63.1 Å². The van der Waals surface area contributed by atoms with E-state index in [-0.39, 0.29) is 6.03 Å². The van der Waals surface area contributed by atoms with Gasteiger partial charge in [-0.3, -0.25) is 0 Å². The Morgan fingerprint density at radius 1 is 1.35 bits per heavy atom. The fraction of sp³-hybridized carbons (Fsp3) is 0.857. The van der Waals surface area contributed by atoms with Gasteiger partial charge in [0.25, 0.3) is 0 Å². The smallest absolute Gasteiger partial charge is 0.329 e. The summed E-state index contributed by atoms with van der Waals surface area (Å²) >= 11 is 1.91. The maximum Gasteiger partial charge on any atom is 0.329 e. The number of urea groups is 1. The van der Waals surface area contributed by atoms with Crippen molar-refractivity contribution >= 4 is 23.8 Å². The van der Waals surface area contributed by atoms with Crippen molar-refractivity contribution in [2.45, 2.75) is 50.3 Å². The molecule has 0 bridgehead atoms. The molecule has 2 aliphatic rings. The second-order valence-electron chi connectivity index (χ2n) is 5.58. The molecule has 2 rings (SSSR count). The Balaban J connectivity index is 2.13. The van der Waals surface area contributed by atoms with E-state index in [4.69, 9.17) is 0 Å². The number of carboxylic acids is 1. The zero-order valence-electron chi connectivity index (χ0n) is 12.3. The van der Waals surface area contributed by atoms with Gasteiger partial charge in [-0.2, -0.15) is 11.8 Å². The number of rotatable bonds is 3. The van der Waals surface area contributed by atoms with Crippen molar-refractivity contribution in [1.82, 2.24) is 9.80 Å². The molecule has 2 saturated heterocycles. The van der Waals surface area contributed by atoms with Gasteiger partial charge in [-0.25, -0.2) is 9.59 Å². The highest BCUT2D eigenvalue weighted by Gasteiger charge is 2.49. The van der Waals surface area contributed by atoms with Crippen molar-refractivity contribution < 1.29 is 14.7 Å². The van der Waals surface area contributed by atoms with Gasteiger partial charge in [0, 0.05) is 30.6 Å². The molecule has 2 atom stereocenters. The van der Waals surface area contributed by atoms with Crippen molar-refractivity contribution in [1.29, 1.82) is 0 Å². The third-order valence-corrected chi connectivity index (χ3v) is 5.94. The number of hydrogen-bond acceptors (Lipinski definition) is 3. The van der Waals surface area contributed by atoms with Crippen LogP contribution in [0, 0.1) is 0 Å². The molecule has 0 aliphatic carbocycles. The minimum absolute atomic E-state index is 0.0782. The van der Waals surface area contributed by atoms with Crippen molar-refractivity contribution in [2.24, 2.45) is 0 Å². The SMILES string of the molecule is CCC1CN(C(=O)N2CCCC2(CC)C(=O)O)CCS1. The molecule has 0 aromatic rings. The third kappa shape index (κ3) is 2.62. The molecule has 0 aromatic carbocycles. The van der Waals surface area contributed by atoms with Crippen LogP contribution in [0.15, 0.2) is 0 Å². The number of aliphatic carboxylic acids is 1. The molecule has 1 N–H and O–H groups in total. The van der Waals surface area contributed by atoms with Gasteiger partial charge in [0.1, 0.15) is 5.54 Å². The van der Waals surface area contributed by atoms with Crippen LogP contribution in [0.4, 0.5) is 4.79 Å². The lowest BCUT2D eigenvalue weighted by atomic mass is 9.93. The summed E-state index contributed by atoms with van der Waals surface area (Å²) in [5, 5.41) is 10.0. The summed E-state index contributed by atoms with van der Waals surface area (Å²) in [6.07, 6.45) is 2.89. The number of carboxylic acid groups (broad SMARTS) is 1. The van der Waals surface area contributed by atoms with Gasteiger partial charge in [-0.05, 0) is 25.7 Å². The van der Waals surface area contributed by atoms with Crippen LogP contribution in [0.2, 0.25) is 0 Å². The Morgan fingerprint density at radius 3 is 2.70 bits per heavy atom. The van der Waals surface area contributed by atoms with E-state index in [0.29, 0.717) is 24.6 Å². The van der Waals surface area contributed by atoms with Gasteiger partial charge >= 0.3 is 12.0 Å². The van der Waals surface area contributed by atoms with Gasteiger partial charge in [-0.1, -0.05) is 13.8 Å². The molecule has 2 aliphatic heterocycles. The number of nitrogens with zero attached hydrogens (tertiary/aromatic N) is 2. The molecule has 0 saturated carbocycles. The monoisotopic (exact) mass is 300 g/mol. The van der Waals surface area contributed by atoms with Crippen LogP contribution in [-0.2, 0) is 4.79 Å². The van der Waals surface area contributed by atoms with E-state index in [1.165, 1.54) is 0 Å². The highest BCUT2D eigenvalue weighted by atomic mass is 32.2. The van der Waals surface area contributed by atoms with E-state index in [1.807, 2.05) is 23.6 Å². The number of likely N-dealkylation sites (tertiary alicyclic amines) is 1. The minimum Gasteiger partial charge on any atom is -0.479 e. The van der Waals surface area contributed by atoms with E-state index >= 15 is 0 Å². The lowest BCUT2D eigenvalue weighted by molar-refractivity contribution is -0.148. The first-order valence-electron chi connectivity index (χ1n) is 7.46. The number of hydrogen-bond donors (Lipinski definition) is 1. The van der Waals surface area contributed by atoms with E-state index in [0.717, 1.165) is 31.7 Å². The van der Waals surface area contributed by atoms with Crippen LogP contribution in [0.5, 0.6) is 0 Å². The predicted molar refractivity (Wildman–Crippen MR) is 80.1 cm³/mol. The highest BCUT2D eigenvalue weighted by Crippen LogP contribution is 2.34. The second-order valence-corrected chi connectivity index (χ2v) is 6.98. The summed E-state index contributed by atoms with van der Waals surface area (Å²) in [6, 6.07) is -0.0782. The molecule has 5 nitrogen and oxygen atoms in total. The van der Waals surface area contributed by atoms with Crippen LogP contribution in [0.25, 0.3) is 0 Å². The summed E-state index contributed by atoms with van der Waals surface area (Å²) in [5.41, 5.74) is -0.983. The molecule has 0 aromatic heterocycles. The molecule has 2 unspecified atom stereocenters. The Hall–Kier alpha value is -0.910. The highest BCUT2D eigenvalue weighted by molar-refractivity contribution is 8.00. The molecular formula is C14H24N2O3S. The predicted octanol–water partition coefficient (Wildman–Crippen LogP) is 2.26. The summed E-state index contributed by atoms with van der Waals surface area (Å²) in [6.45, 7) is 6.04. The fourth-order valence-corrected chi connectivity index (χ4v) is 4.39. The summed E-state index contributed by atoms with van der Waals surface area (Å²) in [4.78, 5) is 27.8. The zero-order valence-corrected chi connectivity index (χ0v) is 13.1. The lowest BCUT2D eigenvalue weighted by Gasteiger charge is -2.40. The zero-order chi connectivity index (χ0) is 14.8. The van der Waals surface area contributed by atoms with E-state index < -0.39 is 11.5 Å². The molecule has 114 valence electrons. The molecule has 2 fully saturated rings. The van der Waals surface area contributed by atoms with Crippen molar-refractivity contribution in [3.63, 3.8) is 0 Å². The number of thioether (sulfide) groups is 1. The second kappa shape index (κ2) is 6.24. The standard InChI is InChI=1S/C14H24N2O3S/c1-3-11-10-15(8-9-20-11)13(19)16-7-5-6-14(16,4-2)12(17)18/h11H,3-10H2,1-2H3,(H,17,18). The van der Waals surface area contributed by atoms with E-state index in [9.17, 15) is 14.7 Å². The summed E-state index contributed by atoms with van der Waals surface area (Å²) in [5.74, 6) is 0.0915. The Bertz CT molecular complexity index is 391. The van der Waals surface area contributed by atoms with Crippen molar-refractivity contribution in [3.05, 3.63) is 0 Å². The topological polar surface area (TPSA) is 60.9 Å². The van der Waals surface area contributed by atoms with Crippen LogP contribution in [0.1, 0.15) is 39.5 Å². The average molecular weight is 300 g/mol. The number of amides is 2. The quantitative estimate of drug-likeness (QED) is 0.868. The molecule has 20 heavy (non-hydrogen) atoms. The van der Waals surface area contributed by atoms with Gasteiger partial charge in [0.05, 0.1) is 0 Å². The maximum absolute atomic E-state index is 12.7. The normalized spacial score (nSPS) is 30.6. The van der Waals surface area contributed by atoms with Gasteiger partial charge < -0.3 is 14.9 Å². The molecule has 2 heterocycles. The van der Waals surface area contributed by atoms with Gasteiger partial charge in [0.2, 0.25) is 0 Å². The average Bonchev–Trinajstić information content (AvgIpc) is 2.91. The Morgan fingerprint density at radius 2 is 2.10 bits per heavy atom. The first-order valence-corrected chi connectivity index (χ1v) is 8.51. The van der Waals surface area contributed by atoms with Gasteiger partial charge in [0.15, 0.2) is 0 Å². The number of carbonyl (C=O) groups is 2. The van der Waals surface area contributed by atoms with Crippen molar-refractivity contribution in [2.75, 3.05) is 25.4 Å². The third-order valence-electron chi connectivity index (χ3n) is 4.57. The molecular weight excluding hydrogens is 276 g/mol. The summed E-state index contributed by atoms with van der Waals surface area (Å²) < 4.78 is 0. The molecule has 0 spiro atoms. The van der Waals surface area contributed by atoms with Crippen LogP contribution < -0.4 is 0 Å². The first kappa shape index (κ1) is 15.5. The van der Waals surface area contributed by atoms with E-state index in [1.54, 1.807) is 4.90 Å². The fourth-order valence-electron chi connectivity index (χ4n) is 3.21. The van der Waals surface area contributed by atoms with Crippen LogP contribution in [0.3, 0.4) is 0 Å². The first-order chi connectivity index (χ1) is 9.55. The summed E-state index contributed by atoms with van der Waals surface area (Å²) in [7, 11) is 0. The van der Waals surface area contributed by atoms with Crippen LogP contribution >= 0.6 is 11.8 Å². The van der Waals surface area contributed by atoms with Gasteiger partial charge in [-0.15, -0.1) is 0 Å². The van der Waals surface area contributed by atoms with Crippen molar-refractivity contribution in [3.8, 4) is 0 Å².